The lowest BCUT2D eigenvalue weighted by atomic mass is 10.0. The van der Waals surface area contributed by atoms with E-state index in [-0.39, 0.29) is 19.4 Å². The summed E-state index contributed by atoms with van der Waals surface area (Å²) in [5.41, 5.74) is -0.221. The molecular weight excluding hydrogens is 320 g/mol. The van der Waals surface area contributed by atoms with Gasteiger partial charge in [0.05, 0.1) is 5.56 Å². The summed E-state index contributed by atoms with van der Waals surface area (Å²) in [6, 6.07) is 4.62. The molecule has 0 aromatic heterocycles. The van der Waals surface area contributed by atoms with E-state index in [9.17, 15) is 26.3 Å². The highest BCUT2D eigenvalue weighted by molar-refractivity contribution is 5.27. The number of rotatable bonds is 3. The van der Waals surface area contributed by atoms with E-state index in [0.717, 1.165) is 18.2 Å². The highest BCUT2D eigenvalue weighted by Gasteiger charge is 2.35. The first-order valence-electron chi connectivity index (χ1n) is 6.90. The van der Waals surface area contributed by atoms with Crippen molar-refractivity contribution in [2.75, 3.05) is 7.05 Å². The van der Waals surface area contributed by atoms with Crippen LogP contribution in [0.25, 0.3) is 0 Å². The lowest BCUT2D eigenvalue weighted by Gasteiger charge is -2.27. The predicted octanol–water partition coefficient (Wildman–Crippen LogP) is 5.30. The Kier molecular flexibility index (Phi) is 4.77. The normalized spacial score (nSPS) is 16.0. The Balaban J connectivity index is 2.02. The van der Waals surface area contributed by atoms with E-state index in [0.29, 0.717) is 11.3 Å². The van der Waals surface area contributed by atoms with Gasteiger partial charge >= 0.3 is 12.4 Å². The zero-order chi connectivity index (χ0) is 17.3. The molecule has 1 aromatic carbocycles. The van der Waals surface area contributed by atoms with Crippen LogP contribution in [0, 0.1) is 0 Å². The molecule has 0 unspecified atom stereocenters. The van der Waals surface area contributed by atoms with Gasteiger partial charge in [0.15, 0.2) is 0 Å². The van der Waals surface area contributed by atoms with Crippen LogP contribution < -0.4 is 0 Å². The van der Waals surface area contributed by atoms with Crippen LogP contribution in [0.4, 0.5) is 26.3 Å². The predicted molar refractivity (Wildman–Crippen MR) is 74.4 cm³/mol. The number of alkyl halides is 6. The second-order valence-electron chi connectivity index (χ2n) is 5.39. The molecule has 0 heterocycles. The number of hydrogen-bond donors (Lipinski definition) is 0. The number of nitrogens with zero attached hydrogens (tertiary/aromatic N) is 1. The van der Waals surface area contributed by atoms with Gasteiger partial charge in [-0.3, -0.25) is 0 Å². The molecule has 1 nitrogen and oxygen atoms in total. The van der Waals surface area contributed by atoms with Crippen LogP contribution in [0.1, 0.15) is 24.0 Å². The molecule has 1 aliphatic carbocycles. The maximum Gasteiger partial charge on any atom is 0.416 e. The number of allylic oxidation sites excluding steroid dienone is 3. The molecule has 0 bridgehead atoms. The van der Waals surface area contributed by atoms with E-state index in [1.165, 1.54) is 12.1 Å². The fraction of sp³-hybridized carbons (Fsp3) is 0.375. The van der Waals surface area contributed by atoms with Crippen LogP contribution in [-0.4, -0.2) is 18.1 Å². The summed E-state index contributed by atoms with van der Waals surface area (Å²) in [7, 11) is 1.63. The third kappa shape index (κ3) is 4.53. The molecule has 0 saturated heterocycles. The zero-order valence-electron chi connectivity index (χ0n) is 12.3. The maximum atomic E-state index is 12.7. The van der Waals surface area contributed by atoms with E-state index in [1.54, 1.807) is 18.0 Å². The molecule has 0 spiro atoms. The first-order valence-corrected chi connectivity index (χ1v) is 6.90. The van der Waals surface area contributed by atoms with E-state index >= 15 is 0 Å². The van der Waals surface area contributed by atoms with Crippen LogP contribution >= 0.6 is 0 Å². The quantitative estimate of drug-likeness (QED) is 0.535. The Morgan fingerprint density at radius 3 is 2.04 bits per heavy atom. The van der Waals surface area contributed by atoms with E-state index < -0.39 is 23.5 Å². The zero-order valence-corrected chi connectivity index (χ0v) is 12.3. The van der Waals surface area contributed by atoms with Crippen molar-refractivity contribution < 1.29 is 26.3 Å². The summed E-state index contributed by atoms with van der Waals surface area (Å²) in [4.78, 5) is 1.63. The molecule has 0 amide bonds. The molecule has 0 radical (unpaired) electrons. The van der Waals surface area contributed by atoms with Gasteiger partial charge in [-0.05, 0) is 24.1 Å². The molecule has 126 valence electrons. The van der Waals surface area contributed by atoms with Crippen molar-refractivity contribution >= 4 is 0 Å². The summed E-state index contributed by atoms with van der Waals surface area (Å²) in [6.45, 7) is 0.245. The topological polar surface area (TPSA) is 3.24 Å². The Labute approximate surface area is 129 Å². The molecular formula is C16H15F6N. The first-order chi connectivity index (χ1) is 10.6. The number of halogens is 6. The SMILES string of the molecule is CN(Cc1ccc(C(F)(F)F)cc1)C1=CCC=C(C(F)(F)F)C1. The standard InChI is InChI=1S/C16H15F6N/c1-23(14-4-2-3-13(9-14)16(20,21)22)10-11-5-7-12(8-6-11)15(17,18)19/h3-8H,2,9-10H2,1H3. The minimum absolute atomic E-state index is 0.196. The molecule has 0 atom stereocenters. The van der Waals surface area contributed by atoms with Crippen molar-refractivity contribution in [3.8, 4) is 0 Å². The molecule has 0 saturated carbocycles. The summed E-state index contributed by atoms with van der Waals surface area (Å²) in [5, 5.41) is 0. The Morgan fingerprint density at radius 1 is 0.913 bits per heavy atom. The van der Waals surface area contributed by atoms with Gasteiger partial charge in [0.1, 0.15) is 0 Å². The monoisotopic (exact) mass is 335 g/mol. The minimum Gasteiger partial charge on any atom is -0.374 e. The summed E-state index contributed by atoms with van der Waals surface area (Å²) in [6.07, 6.45) is -5.94. The molecule has 0 N–H and O–H groups in total. The van der Waals surface area contributed by atoms with Crippen LogP contribution in [0.3, 0.4) is 0 Å². The van der Waals surface area contributed by atoms with Gasteiger partial charge in [0.2, 0.25) is 0 Å². The first kappa shape index (κ1) is 17.4. The average molecular weight is 335 g/mol. The third-order valence-electron chi connectivity index (χ3n) is 3.64. The van der Waals surface area contributed by atoms with Gasteiger partial charge in [-0.15, -0.1) is 0 Å². The van der Waals surface area contributed by atoms with Crippen molar-refractivity contribution in [3.63, 3.8) is 0 Å². The van der Waals surface area contributed by atoms with Crippen molar-refractivity contribution in [1.82, 2.24) is 4.90 Å². The van der Waals surface area contributed by atoms with Crippen LogP contribution in [-0.2, 0) is 12.7 Å². The molecule has 0 aliphatic heterocycles. The highest BCUT2D eigenvalue weighted by Crippen LogP contribution is 2.34. The second-order valence-corrected chi connectivity index (χ2v) is 5.39. The summed E-state index contributed by atoms with van der Waals surface area (Å²) in [5.74, 6) is 0. The lowest BCUT2D eigenvalue weighted by molar-refractivity contribution is -0.137. The van der Waals surface area contributed by atoms with Crippen LogP contribution in [0.2, 0.25) is 0 Å². The van der Waals surface area contributed by atoms with Crippen molar-refractivity contribution in [1.29, 1.82) is 0 Å². The molecule has 1 aliphatic rings. The fourth-order valence-corrected chi connectivity index (χ4v) is 2.36. The van der Waals surface area contributed by atoms with E-state index in [2.05, 4.69) is 0 Å². The Hall–Kier alpha value is -1.92. The van der Waals surface area contributed by atoms with Gasteiger partial charge < -0.3 is 4.90 Å². The number of hydrogen-bond acceptors (Lipinski definition) is 1. The molecule has 1 aromatic rings. The molecule has 2 rings (SSSR count). The third-order valence-corrected chi connectivity index (χ3v) is 3.64. The molecule has 0 fully saturated rings. The average Bonchev–Trinajstić information content (AvgIpc) is 2.46. The van der Waals surface area contributed by atoms with Gasteiger partial charge in [-0.1, -0.05) is 24.3 Å². The van der Waals surface area contributed by atoms with Crippen molar-refractivity contribution in [2.24, 2.45) is 0 Å². The van der Waals surface area contributed by atoms with Crippen molar-refractivity contribution in [2.45, 2.75) is 31.7 Å². The van der Waals surface area contributed by atoms with Gasteiger partial charge in [0, 0.05) is 31.3 Å². The van der Waals surface area contributed by atoms with Gasteiger partial charge in [0.25, 0.3) is 0 Å². The summed E-state index contributed by atoms with van der Waals surface area (Å²) >= 11 is 0. The fourth-order valence-electron chi connectivity index (χ4n) is 2.36. The smallest absolute Gasteiger partial charge is 0.374 e. The molecule has 7 heteroatoms. The Morgan fingerprint density at radius 2 is 1.52 bits per heavy atom. The Bertz CT molecular complexity index is 607. The van der Waals surface area contributed by atoms with Crippen LogP contribution in [0.15, 0.2) is 47.7 Å². The highest BCUT2D eigenvalue weighted by atomic mass is 19.4. The minimum atomic E-state index is -4.40. The maximum absolute atomic E-state index is 12.7. The van der Waals surface area contributed by atoms with E-state index in [1.807, 2.05) is 0 Å². The lowest BCUT2D eigenvalue weighted by Crippen LogP contribution is -2.22. The van der Waals surface area contributed by atoms with Gasteiger partial charge in [-0.2, -0.15) is 26.3 Å². The molecule has 23 heavy (non-hydrogen) atoms. The number of benzene rings is 1. The summed E-state index contributed by atoms with van der Waals surface area (Å²) < 4.78 is 75.7. The second kappa shape index (κ2) is 6.29. The van der Waals surface area contributed by atoms with Crippen molar-refractivity contribution in [3.05, 3.63) is 58.8 Å². The van der Waals surface area contributed by atoms with Gasteiger partial charge in [-0.25, -0.2) is 0 Å². The van der Waals surface area contributed by atoms with E-state index in [4.69, 9.17) is 0 Å². The van der Waals surface area contributed by atoms with Crippen LogP contribution in [0.5, 0.6) is 0 Å². The largest absolute Gasteiger partial charge is 0.416 e.